The molecule has 0 saturated carbocycles. The Morgan fingerprint density at radius 2 is 1.82 bits per heavy atom. The quantitative estimate of drug-likeness (QED) is 0.305. The fourth-order valence-electron chi connectivity index (χ4n) is 3.67. The summed E-state index contributed by atoms with van der Waals surface area (Å²) in [6.45, 7) is 3.35. The normalized spacial score (nSPS) is 14.3. The van der Waals surface area contributed by atoms with Crippen molar-refractivity contribution >= 4 is 52.8 Å². The van der Waals surface area contributed by atoms with E-state index in [2.05, 4.69) is 10.6 Å². The van der Waals surface area contributed by atoms with Crippen LogP contribution in [-0.4, -0.2) is 37.0 Å². The molecule has 0 unspecified atom stereocenters. The Balaban J connectivity index is 1.55. The van der Waals surface area contributed by atoms with Crippen molar-refractivity contribution in [3.8, 4) is 11.5 Å². The van der Waals surface area contributed by atoms with Gasteiger partial charge in [0, 0.05) is 5.02 Å². The number of benzene rings is 3. The van der Waals surface area contributed by atoms with Gasteiger partial charge in [-0.05, 0) is 67.4 Å². The zero-order chi connectivity index (χ0) is 28.1. The summed E-state index contributed by atoms with van der Waals surface area (Å²) in [4.78, 5) is 51.3. The van der Waals surface area contributed by atoms with Crippen LogP contribution in [0.5, 0.6) is 11.5 Å². The van der Waals surface area contributed by atoms with Gasteiger partial charge in [0.05, 0.1) is 18.0 Å². The molecular formula is C28H23ClFN3O6. The number of imide groups is 2. The molecule has 1 fully saturated rings. The van der Waals surface area contributed by atoms with Crippen LogP contribution in [0.2, 0.25) is 5.02 Å². The van der Waals surface area contributed by atoms with Crippen LogP contribution in [0, 0.1) is 12.7 Å². The van der Waals surface area contributed by atoms with Gasteiger partial charge in [-0.1, -0.05) is 35.9 Å². The number of barbiturate groups is 1. The van der Waals surface area contributed by atoms with Gasteiger partial charge >= 0.3 is 6.03 Å². The van der Waals surface area contributed by atoms with Crippen molar-refractivity contribution in [1.82, 2.24) is 5.32 Å². The topological polar surface area (TPSA) is 114 Å². The smallest absolute Gasteiger partial charge is 0.335 e. The van der Waals surface area contributed by atoms with E-state index in [1.165, 1.54) is 42.5 Å². The van der Waals surface area contributed by atoms with Crippen molar-refractivity contribution in [2.75, 3.05) is 23.4 Å². The first-order chi connectivity index (χ1) is 18.7. The molecule has 0 aliphatic carbocycles. The highest BCUT2D eigenvalue weighted by atomic mass is 35.5. The highest BCUT2D eigenvalue weighted by Crippen LogP contribution is 2.31. The van der Waals surface area contributed by atoms with Gasteiger partial charge in [0.1, 0.15) is 11.4 Å². The SMILES string of the molecule is CCOc1cc(/C=C2\C(=O)NC(=O)N(c3ccc(C)c(Cl)c3)C2=O)ccc1OCC(=O)Nc1ccccc1F. The molecule has 1 aliphatic heterocycles. The van der Waals surface area contributed by atoms with Gasteiger partial charge in [0.2, 0.25) is 0 Å². The molecule has 0 aromatic heterocycles. The molecule has 3 aromatic rings. The summed E-state index contributed by atoms with van der Waals surface area (Å²) < 4.78 is 25.0. The molecule has 1 heterocycles. The molecule has 11 heteroatoms. The monoisotopic (exact) mass is 551 g/mol. The van der Waals surface area contributed by atoms with E-state index in [9.17, 15) is 23.6 Å². The molecule has 4 rings (SSSR count). The second kappa shape index (κ2) is 11.8. The molecule has 9 nitrogen and oxygen atoms in total. The Morgan fingerprint density at radius 1 is 1.05 bits per heavy atom. The number of hydrogen-bond donors (Lipinski definition) is 2. The molecule has 3 aromatic carbocycles. The molecule has 1 saturated heterocycles. The number of nitrogens with zero attached hydrogens (tertiary/aromatic N) is 1. The number of rotatable bonds is 8. The maximum atomic E-state index is 13.8. The Labute approximate surface area is 228 Å². The van der Waals surface area contributed by atoms with Crippen molar-refractivity contribution < 1.29 is 33.0 Å². The van der Waals surface area contributed by atoms with Crippen molar-refractivity contribution in [3.05, 3.63) is 88.2 Å². The second-order valence-corrected chi connectivity index (χ2v) is 8.75. The molecule has 5 amide bonds. The summed E-state index contributed by atoms with van der Waals surface area (Å²) in [6.07, 6.45) is 1.31. The summed E-state index contributed by atoms with van der Waals surface area (Å²) in [5, 5.41) is 4.94. The number of carbonyl (C=O) groups is 4. The summed E-state index contributed by atoms with van der Waals surface area (Å²) in [5.41, 5.74) is 1.10. The van der Waals surface area contributed by atoms with Crippen LogP contribution in [-0.2, 0) is 14.4 Å². The molecule has 39 heavy (non-hydrogen) atoms. The lowest BCUT2D eigenvalue weighted by Crippen LogP contribution is -2.54. The number of amides is 5. The van der Waals surface area contributed by atoms with Crippen LogP contribution in [0.3, 0.4) is 0 Å². The van der Waals surface area contributed by atoms with E-state index >= 15 is 0 Å². The van der Waals surface area contributed by atoms with E-state index in [0.29, 0.717) is 10.6 Å². The van der Waals surface area contributed by atoms with Gasteiger partial charge in [-0.3, -0.25) is 19.7 Å². The van der Waals surface area contributed by atoms with Crippen LogP contribution in [0.1, 0.15) is 18.1 Å². The maximum absolute atomic E-state index is 13.8. The minimum absolute atomic E-state index is 0.0222. The lowest BCUT2D eigenvalue weighted by Gasteiger charge is -2.26. The molecule has 0 atom stereocenters. The highest BCUT2D eigenvalue weighted by molar-refractivity contribution is 6.39. The Kier molecular flexibility index (Phi) is 8.26. The number of aryl methyl sites for hydroxylation is 1. The van der Waals surface area contributed by atoms with E-state index in [-0.39, 0.29) is 35.1 Å². The fourth-order valence-corrected chi connectivity index (χ4v) is 3.85. The fraction of sp³-hybridized carbons (Fsp3) is 0.143. The standard InChI is InChI=1S/C28H23ClFN3O6/c1-3-38-24-13-17(9-11-23(24)39-15-25(34)31-22-7-5-4-6-21(22)30)12-19-26(35)32-28(37)33(27(19)36)18-10-8-16(2)20(29)14-18/h4-14H,3,15H2,1-2H3,(H,31,34)(H,32,35,37)/b19-12+. The average Bonchev–Trinajstić information content (AvgIpc) is 2.89. The summed E-state index contributed by atoms with van der Waals surface area (Å²) in [5.74, 6) is -2.39. The second-order valence-electron chi connectivity index (χ2n) is 8.35. The molecule has 0 bridgehead atoms. The Bertz CT molecular complexity index is 1510. The highest BCUT2D eigenvalue weighted by Gasteiger charge is 2.37. The summed E-state index contributed by atoms with van der Waals surface area (Å²) >= 11 is 6.16. The van der Waals surface area contributed by atoms with Gasteiger partial charge in [-0.15, -0.1) is 0 Å². The Morgan fingerprint density at radius 3 is 2.54 bits per heavy atom. The van der Waals surface area contributed by atoms with Gasteiger partial charge in [0.15, 0.2) is 18.1 Å². The summed E-state index contributed by atoms with van der Waals surface area (Å²) in [6, 6.07) is 14.1. The van der Waals surface area contributed by atoms with Crippen LogP contribution in [0.15, 0.2) is 66.2 Å². The number of anilines is 2. The molecule has 0 radical (unpaired) electrons. The molecule has 200 valence electrons. The van der Waals surface area contributed by atoms with Gasteiger partial charge in [-0.25, -0.2) is 14.1 Å². The van der Waals surface area contributed by atoms with E-state index < -0.39 is 36.2 Å². The molecular weight excluding hydrogens is 529 g/mol. The van der Waals surface area contributed by atoms with Gasteiger partial charge in [0.25, 0.3) is 17.7 Å². The predicted molar refractivity (Wildman–Crippen MR) is 143 cm³/mol. The zero-order valence-electron chi connectivity index (χ0n) is 20.9. The van der Waals surface area contributed by atoms with Crippen molar-refractivity contribution in [1.29, 1.82) is 0 Å². The number of hydrogen-bond acceptors (Lipinski definition) is 6. The largest absolute Gasteiger partial charge is 0.490 e. The van der Waals surface area contributed by atoms with Crippen LogP contribution in [0.4, 0.5) is 20.6 Å². The molecule has 0 spiro atoms. The minimum Gasteiger partial charge on any atom is -0.490 e. The van der Waals surface area contributed by atoms with E-state index in [1.807, 2.05) is 0 Å². The van der Waals surface area contributed by atoms with Crippen LogP contribution >= 0.6 is 11.6 Å². The van der Waals surface area contributed by atoms with Crippen molar-refractivity contribution in [3.63, 3.8) is 0 Å². The van der Waals surface area contributed by atoms with Crippen LogP contribution < -0.4 is 25.0 Å². The Hall–Kier alpha value is -4.70. The van der Waals surface area contributed by atoms with Crippen molar-refractivity contribution in [2.45, 2.75) is 13.8 Å². The number of carbonyl (C=O) groups excluding carboxylic acids is 4. The maximum Gasteiger partial charge on any atom is 0.335 e. The first kappa shape index (κ1) is 27.3. The van der Waals surface area contributed by atoms with E-state index in [4.69, 9.17) is 21.1 Å². The van der Waals surface area contributed by atoms with Crippen molar-refractivity contribution in [2.24, 2.45) is 0 Å². The molecule has 2 N–H and O–H groups in total. The van der Waals surface area contributed by atoms with E-state index in [1.54, 1.807) is 38.1 Å². The number of urea groups is 1. The number of nitrogens with one attached hydrogen (secondary N) is 2. The third kappa shape index (κ3) is 6.24. The third-order valence-electron chi connectivity index (χ3n) is 5.60. The predicted octanol–water partition coefficient (Wildman–Crippen LogP) is 4.87. The zero-order valence-corrected chi connectivity index (χ0v) is 21.7. The lowest BCUT2D eigenvalue weighted by molar-refractivity contribution is -0.122. The number of para-hydroxylation sites is 1. The first-order valence-corrected chi connectivity index (χ1v) is 12.2. The third-order valence-corrected chi connectivity index (χ3v) is 6.01. The van der Waals surface area contributed by atoms with Gasteiger partial charge in [-0.2, -0.15) is 0 Å². The van der Waals surface area contributed by atoms with E-state index in [0.717, 1.165) is 10.5 Å². The number of ether oxygens (including phenoxy) is 2. The number of halogens is 2. The lowest BCUT2D eigenvalue weighted by atomic mass is 10.1. The first-order valence-electron chi connectivity index (χ1n) is 11.8. The minimum atomic E-state index is -0.894. The molecule has 1 aliphatic rings. The average molecular weight is 552 g/mol. The van der Waals surface area contributed by atoms with Gasteiger partial charge < -0.3 is 14.8 Å². The van der Waals surface area contributed by atoms with Crippen LogP contribution in [0.25, 0.3) is 6.08 Å². The summed E-state index contributed by atoms with van der Waals surface area (Å²) in [7, 11) is 0.